The average molecular weight is 692 g/mol. The van der Waals surface area contributed by atoms with Crippen molar-refractivity contribution in [2.24, 2.45) is 23.7 Å². The minimum absolute atomic E-state index is 0.0218. The number of fused-ring (bicyclic) bond motifs is 4. The average Bonchev–Trinajstić information content (AvgIpc) is 3.44. The number of benzene rings is 4. The summed E-state index contributed by atoms with van der Waals surface area (Å²) in [6, 6.07) is 32.4. The van der Waals surface area contributed by atoms with Gasteiger partial charge in [-0.05, 0) is 73.2 Å². The van der Waals surface area contributed by atoms with E-state index in [2.05, 4.69) is 0 Å². The number of carbonyl (C=O) groups is 5. The molecule has 3 aliphatic carbocycles. The predicted octanol–water partition coefficient (Wildman–Crippen LogP) is 6.29. The molecule has 0 aromatic heterocycles. The zero-order chi connectivity index (χ0) is 36.1. The highest BCUT2D eigenvalue weighted by Crippen LogP contribution is 2.64. The van der Waals surface area contributed by atoms with Gasteiger partial charge in [0.2, 0.25) is 11.8 Å². The molecule has 1 N–H and O–H groups in total. The summed E-state index contributed by atoms with van der Waals surface area (Å²) in [5.74, 6) is -4.31. The van der Waals surface area contributed by atoms with E-state index in [1.807, 2.05) is 84.9 Å². The van der Waals surface area contributed by atoms with Crippen molar-refractivity contribution in [2.45, 2.75) is 31.1 Å². The van der Waals surface area contributed by atoms with E-state index >= 15 is 9.59 Å². The van der Waals surface area contributed by atoms with E-state index < -0.39 is 35.0 Å². The lowest BCUT2D eigenvalue weighted by atomic mass is 9.44. The first-order valence-electron chi connectivity index (χ1n) is 17.7. The minimum Gasteiger partial charge on any atom is -0.491 e. The number of carbonyl (C=O) groups excluding carboxylic acids is 5. The van der Waals surface area contributed by atoms with E-state index in [-0.39, 0.29) is 55.2 Å². The van der Waals surface area contributed by atoms with Crippen LogP contribution in [-0.4, -0.2) is 47.5 Å². The van der Waals surface area contributed by atoms with Gasteiger partial charge in [0.15, 0.2) is 17.3 Å². The number of hydrogen-bond acceptors (Lipinski definition) is 7. The Morgan fingerprint density at radius 2 is 1.50 bits per heavy atom. The van der Waals surface area contributed by atoms with E-state index in [1.165, 1.54) is 17.9 Å². The summed E-state index contributed by atoms with van der Waals surface area (Å²) in [7, 11) is 0. The quantitative estimate of drug-likeness (QED) is 0.131. The molecule has 0 bridgehead atoms. The molecular weight excluding hydrogens is 654 g/mol. The number of hydrogen-bond donors (Lipinski definition) is 1. The number of ether oxygens (including phenoxy) is 1. The van der Waals surface area contributed by atoms with Crippen LogP contribution >= 0.6 is 0 Å². The number of anilines is 1. The second-order valence-electron chi connectivity index (χ2n) is 14.0. The molecular formula is C44H37NO7. The molecule has 2 fully saturated rings. The Labute approximate surface area is 301 Å². The summed E-state index contributed by atoms with van der Waals surface area (Å²) < 4.78 is 6.12. The summed E-state index contributed by atoms with van der Waals surface area (Å²) in [5, 5.41) is 9.73. The van der Waals surface area contributed by atoms with E-state index in [1.54, 1.807) is 30.3 Å². The molecule has 0 spiro atoms. The van der Waals surface area contributed by atoms with Gasteiger partial charge in [-0.15, -0.1) is 0 Å². The Kier molecular flexibility index (Phi) is 8.42. The maximum atomic E-state index is 15.2. The topological polar surface area (TPSA) is 118 Å². The van der Waals surface area contributed by atoms with Crippen molar-refractivity contribution in [1.82, 2.24) is 0 Å². The van der Waals surface area contributed by atoms with Gasteiger partial charge in [0.25, 0.3) is 0 Å². The van der Waals surface area contributed by atoms with Crippen LogP contribution in [0.2, 0.25) is 0 Å². The fourth-order valence-electron chi connectivity index (χ4n) is 9.32. The number of imide groups is 1. The number of allylic oxidation sites excluding steroid dienone is 4. The molecule has 4 aliphatic rings. The maximum Gasteiger partial charge on any atom is 0.238 e. The van der Waals surface area contributed by atoms with Crippen LogP contribution in [0.15, 0.2) is 127 Å². The van der Waals surface area contributed by atoms with Crippen LogP contribution in [0.1, 0.15) is 52.7 Å². The van der Waals surface area contributed by atoms with Gasteiger partial charge < -0.3 is 9.84 Å². The summed E-state index contributed by atoms with van der Waals surface area (Å²) >= 11 is 0. The van der Waals surface area contributed by atoms with Crippen LogP contribution in [0.4, 0.5) is 5.69 Å². The predicted molar refractivity (Wildman–Crippen MR) is 195 cm³/mol. The second kappa shape index (κ2) is 13.1. The van der Waals surface area contributed by atoms with Gasteiger partial charge in [-0.2, -0.15) is 0 Å². The second-order valence-corrected chi connectivity index (χ2v) is 14.0. The number of aliphatic hydroxyl groups is 1. The molecule has 2 amide bonds. The fourth-order valence-corrected chi connectivity index (χ4v) is 9.32. The zero-order valence-corrected chi connectivity index (χ0v) is 28.6. The van der Waals surface area contributed by atoms with Crippen LogP contribution in [-0.2, 0) is 24.6 Å². The molecule has 1 saturated heterocycles. The standard InChI is InChI=1S/C44H37NO7/c1-26(47)27-16-18-30(19-17-27)45-42(50)33-21-20-31-35(39(33)43(45)51)24-36-41(49)34(28-10-4-2-5-11-28)25-38(48)44(36,29-12-6-3-7-13-29)40(31)32-14-8-9-15-37(32)52-23-22-46/h2-20,25,33,35-36,39-40,46H,21-24H2,1H3. The molecule has 6 atom stereocenters. The molecule has 52 heavy (non-hydrogen) atoms. The van der Waals surface area contributed by atoms with Crippen molar-refractivity contribution in [3.63, 3.8) is 0 Å². The van der Waals surface area contributed by atoms with Gasteiger partial charge >= 0.3 is 0 Å². The molecule has 1 saturated carbocycles. The molecule has 8 heteroatoms. The Hall–Kier alpha value is -5.73. The summed E-state index contributed by atoms with van der Waals surface area (Å²) in [4.78, 5) is 72.3. The van der Waals surface area contributed by atoms with Gasteiger partial charge in [0.05, 0.1) is 29.5 Å². The number of para-hydroxylation sites is 1. The lowest BCUT2D eigenvalue weighted by Gasteiger charge is -2.55. The molecule has 4 aromatic carbocycles. The highest BCUT2D eigenvalue weighted by atomic mass is 16.5. The van der Waals surface area contributed by atoms with Gasteiger partial charge in [-0.1, -0.05) is 90.5 Å². The van der Waals surface area contributed by atoms with Crippen LogP contribution in [0.3, 0.4) is 0 Å². The van der Waals surface area contributed by atoms with Crippen molar-refractivity contribution in [3.05, 3.63) is 149 Å². The Bertz CT molecular complexity index is 2170. The smallest absolute Gasteiger partial charge is 0.238 e. The van der Waals surface area contributed by atoms with E-state index in [4.69, 9.17) is 4.74 Å². The van der Waals surface area contributed by atoms with Crippen molar-refractivity contribution >= 4 is 40.4 Å². The number of Topliss-reactive ketones (excluding diaryl/α,β-unsaturated/α-hetero) is 2. The van der Waals surface area contributed by atoms with Gasteiger partial charge in [0.1, 0.15) is 12.4 Å². The van der Waals surface area contributed by atoms with E-state index in [9.17, 15) is 19.5 Å². The molecule has 0 radical (unpaired) electrons. The zero-order valence-electron chi connectivity index (χ0n) is 28.6. The van der Waals surface area contributed by atoms with Gasteiger partial charge in [-0.25, -0.2) is 0 Å². The highest BCUT2D eigenvalue weighted by Gasteiger charge is 2.66. The lowest BCUT2D eigenvalue weighted by Crippen LogP contribution is -2.58. The molecule has 8 rings (SSSR count). The number of amides is 2. The summed E-state index contributed by atoms with van der Waals surface area (Å²) in [6.45, 7) is 1.26. The van der Waals surface area contributed by atoms with Gasteiger partial charge in [0, 0.05) is 28.5 Å². The van der Waals surface area contributed by atoms with E-state index in [0.29, 0.717) is 39.3 Å². The van der Waals surface area contributed by atoms with Crippen molar-refractivity contribution in [2.75, 3.05) is 18.1 Å². The summed E-state index contributed by atoms with van der Waals surface area (Å²) in [6.07, 6.45) is 3.97. The first kappa shape index (κ1) is 33.4. The third-order valence-corrected chi connectivity index (χ3v) is 11.5. The Morgan fingerprint density at radius 3 is 2.19 bits per heavy atom. The van der Waals surface area contributed by atoms with Crippen LogP contribution in [0.25, 0.3) is 5.57 Å². The maximum absolute atomic E-state index is 15.2. The number of nitrogens with zero attached hydrogens (tertiary/aromatic N) is 1. The van der Waals surface area contributed by atoms with Crippen molar-refractivity contribution < 1.29 is 33.8 Å². The highest BCUT2D eigenvalue weighted by molar-refractivity contribution is 6.32. The third-order valence-electron chi connectivity index (χ3n) is 11.5. The third kappa shape index (κ3) is 5.04. The van der Waals surface area contributed by atoms with Crippen LogP contribution in [0.5, 0.6) is 5.75 Å². The molecule has 6 unspecified atom stereocenters. The first-order valence-corrected chi connectivity index (χ1v) is 17.7. The minimum atomic E-state index is -1.39. The fraction of sp³-hybridized carbons (Fsp3) is 0.250. The summed E-state index contributed by atoms with van der Waals surface area (Å²) in [5.41, 5.74) is 2.63. The number of ketones is 3. The van der Waals surface area contributed by atoms with E-state index in [0.717, 1.165) is 5.57 Å². The largest absolute Gasteiger partial charge is 0.491 e. The first-order chi connectivity index (χ1) is 25.3. The van der Waals surface area contributed by atoms with Crippen LogP contribution in [0, 0.1) is 23.7 Å². The monoisotopic (exact) mass is 691 g/mol. The van der Waals surface area contributed by atoms with Crippen molar-refractivity contribution in [3.8, 4) is 5.75 Å². The Balaban J connectivity index is 1.34. The number of rotatable bonds is 8. The number of aliphatic hydroxyl groups excluding tert-OH is 1. The molecule has 4 aromatic rings. The SMILES string of the molecule is CC(=O)c1ccc(N2C(=O)C3CC=C4C(CC5C(=O)C(c6ccccc6)=CC(=O)C5(c5ccccc5)C4c4ccccc4OCCO)C3C2=O)cc1. The van der Waals surface area contributed by atoms with Crippen LogP contribution < -0.4 is 9.64 Å². The molecule has 260 valence electrons. The van der Waals surface area contributed by atoms with Gasteiger partial charge in [-0.3, -0.25) is 28.9 Å². The Morgan fingerprint density at radius 1 is 0.827 bits per heavy atom. The normalized spacial score (nSPS) is 26.6. The molecule has 1 aliphatic heterocycles. The lowest BCUT2D eigenvalue weighted by molar-refractivity contribution is -0.135. The van der Waals surface area contributed by atoms with Crippen molar-refractivity contribution in [1.29, 1.82) is 0 Å². The molecule has 1 heterocycles. The molecule has 8 nitrogen and oxygen atoms in total.